The molecule has 0 saturated heterocycles. The highest BCUT2D eigenvalue weighted by atomic mass is 79.9. The van der Waals surface area contributed by atoms with Crippen molar-refractivity contribution in [1.82, 2.24) is 9.78 Å². The summed E-state index contributed by atoms with van der Waals surface area (Å²) < 4.78 is 39.4. The lowest BCUT2D eigenvalue weighted by Crippen LogP contribution is -2.07. The lowest BCUT2D eigenvalue weighted by atomic mass is 10.2. The standard InChI is InChI=1S/C21H18Br2F2N2O2/c22-16-8-15(9-17(23)10-16)18-5-6-27(26-18)11-14-3-4-19(29-21(24)25)20(7-14)28-12-13-1-2-13/h3-10,13,21H,1-2,11-12H2. The Morgan fingerprint density at radius 2 is 1.79 bits per heavy atom. The molecule has 1 aromatic heterocycles. The Morgan fingerprint density at radius 1 is 1.03 bits per heavy atom. The SMILES string of the molecule is FC(F)Oc1ccc(Cn2ccc(-c3cc(Br)cc(Br)c3)n2)cc1OCC1CC1. The van der Waals surface area contributed by atoms with Crippen LogP contribution in [0.2, 0.25) is 0 Å². The van der Waals surface area contributed by atoms with E-state index in [4.69, 9.17) is 4.74 Å². The Kier molecular flexibility index (Phi) is 6.20. The van der Waals surface area contributed by atoms with Crippen LogP contribution in [0.5, 0.6) is 11.5 Å². The van der Waals surface area contributed by atoms with Gasteiger partial charge in [0.1, 0.15) is 0 Å². The molecule has 1 fully saturated rings. The fourth-order valence-corrected chi connectivity index (χ4v) is 4.24. The van der Waals surface area contributed by atoms with Gasteiger partial charge in [0, 0.05) is 20.7 Å². The summed E-state index contributed by atoms with van der Waals surface area (Å²) in [7, 11) is 0. The second-order valence-corrected chi connectivity index (χ2v) is 8.80. The van der Waals surface area contributed by atoms with E-state index in [1.807, 2.05) is 30.5 Å². The maximum atomic E-state index is 12.7. The van der Waals surface area contributed by atoms with E-state index >= 15 is 0 Å². The van der Waals surface area contributed by atoms with Crippen molar-refractivity contribution in [3.8, 4) is 22.8 Å². The highest BCUT2D eigenvalue weighted by Crippen LogP contribution is 2.34. The molecule has 0 unspecified atom stereocenters. The second kappa shape index (κ2) is 8.83. The lowest BCUT2D eigenvalue weighted by molar-refractivity contribution is -0.0515. The van der Waals surface area contributed by atoms with Gasteiger partial charge < -0.3 is 9.47 Å². The average Bonchev–Trinajstić information content (AvgIpc) is 3.37. The third-order valence-corrected chi connectivity index (χ3v) is 5.45. The van der Waals surface area contributed by atoms with E-state index < -0.39 is 6.61 Å². The van der Waals surface area contributed by atoms with Crippen molar-refractivity contribution in [3.05, 3.63) is 63.2 Å². The summed E-state index contributed by atoms with van der Waals surface area (Å²) >= 11 is 6.98. The number of alkyl halides is 2. The number of halogens is 4. The largest absolute Gasteiger partial charge is 0.489 e. The van der Waals surface area contributed by atoms with Crippen molar-refractivity contribution in [2.24, 2.45) is 5.92 Å². The van der Waals surface area contributed by atoms with Crippen LogP contribution in [0.3, 0.4) is 0 Å². The van der Waals surface area contributed by atoms with Gasteiger partial charge in [-0.2, -0.15) is 13.9 Å². The molecule has 0 aliphatic heterocycles. The van der Waals surface area contributed by atoms with Crippen LogP contribution in [-0.4, -0.2) is 23.0 Å². The molecule has 4 rings (SSSR count). The van der Waals surface area contributed by atoms with E-state index in [-0.39, 0.29) is 5.75 Å². The fourth-order valence-electron chi connectivity index (χ4n) is 2.94. The van der Waals surface area contributed by atoms with Crippen LogP contribution in [-0.2, 0) is 6.54 Å². The Hall–Kier alpha value is -1.93. The maximum absolute atomic E-state index is 12.7. The molecule has 0 radical (unpaired) electrons. The number of ether oxygens (including phenoxy) is 2. The fraction of sp³-hybridized carbons (Fsp3) is 0.286. The van der Waals surface area contributed by atoms with E-state index in [0.29, 0.717) is 24.8 Å². The van der Waals surface area contributed by atoms with Gasteiger partial charge in [-0.1, -0.05) is 37.9 Å². The van der Waals surface area contributed by atoms with Gasteiger partial charge in [-0.3, -0.25) is 4.68 Å². The minimum absolute atomic E-state index is 0.0598. The second-order valence-electron chi connectivity index (χ2n) is 6.97. The van der Waals surface area contributed by atoms with Gasteiger partial charge in [0.15, 0.2) is 11.5 Å². The molecule has 1 saturated carbocycles. The molecule has 1 aliphatic carbocycles. The molecule has 152 valence electrons. The number of benzene rings is 2. The Labute approximate surface area is 184 Å². The molecular formula is C21H18Br2F2N2O2. The number of nitrogens with zero attached hydrogens (tertiary/aromatic N) is 2. The molecule has 2 aromatic carbocycles. The number of rotatable bonds is 8. The summed E-state index contributed by atoms with van der Waals surface area (Å²) in [6.07, 6.45) is 4.12. The predicted molar refractivity (Wildman–Crippen MR) is 113 cm³/mol. The minimum Gasteiger partial charge on any atom is -0.489 e. The smallest absolute Gasteiger partial charge is 0.387 e. The van der Waals surface area contributed by atoms with Gasteiger partial charge in [0.2, 0.25) is 0 Å². The summed E-state index contributed by atoms with van der Waals surface area (Å²) in [6, 6.07) is 12.9. The topological polar surface area (TPSA) is 36.3 Å². The first-order chi connectivity index (χ1) is 14.0. The van der Waals surface area contributed by atoms with Gasteiger partial charge in [-0.25, -0.2) is 0 Å². The van der Waals surface area contributed by atoms with E-state index in [0.717, 1.165) is 38.6 Å². The third kappa shape index (κ3) is 5.57. The van der Waals surface area contributed by atoms with Gasteiger partial charge in [0.25, 0.3) is 0 Å². The highest BCUT2D eigenvalue weighted by molar-refractivity contribution is 9.11. The van der Waals surface area contributed by atoms with E-state index in [1.54, 1.807) is 16.8 Å². The van der Waals surface area contributed by atoms with Crippen molar-refractivity contribution in [1.29, 1.82) is 0 Å². The third-order valence-electron chi connectivity index (χ3n) is 4.54. The van der Waals surface area contributed by atoms with Gasteiger partial charge >= 0.3 is 6.61 Å². The Morgan fingerprint density at radius 3 is 2.48 bits per heavy atom. The van der Waals surface area contributed by atoms with Crippen LogP contribution in [0.1, 0.15) is 18.4 Å². The maximum Gasteiger partial charge on any atom is 0.387 e. The van der Waals surface area contributed by atoms with Crippen molar-refractivity contribution in [3.63, 3.8) is 0 Å². The molecule has 1 aliphatic rings. The number of hydrogen-bond donors (Lipinski definition) is 0. The first-order valence-corrected chi connectivity index (χ1v) is 10.8. The van der Waals surface area contributed by atoms with Crippen molar-refractivity contribution < 1.29 is 18.3 Å². The zero-order valence-corrected chi connectivity index (χ0v) is 18.5. The molecule has 3 aromatic rings. The summed E-state index contributed by atoms with van der Waals surface area (Å²) in [5.74, 6) is 0.916. The summed E-state index contributed by atoms with van der Waals surface area (Å²) in [4.78, 5) is 0. The first kappa shape index (κ1) is 20.3. The first-order valence-electron chi connectivity index (χ1n) is 9.17. The zero-order valence-electron chi connectivity index (χ0n) is 15.3. The monoisotopic (exact) mass is 526 g/mol. The van der Waals surface area contributed by atoms with Crippen LogP contribution in [0.25, 0.3) is 11.3 Å². The molecule has 4 nitrogen and oxygen atoms in total. The molecule has 1 heterocycles. The van der Waals surface area contributed by atoms with Crippen molar-refractivity contribution in [2.75, 3.05) is 6.61 Å². The van der Waals surface area contributed by atoms with Gasteiger partial charge in [-0.05, 0) is 60.7 Å². The Balaban J connectivity index is 1.52. The molecule has 0 N–H and O–H groups in total. The normalized spacial score (nSPS) is 13.7. The van der Waals surface area contributed by atoms with Crippen molar-refractivity contribution >= 4 is 31.9 Å². The van der Waals surface area contributed by atoms with Gasteiger partial charge in [0.05, 0.1) is 18.8 Å². The van der Waals surface area contributed by atoms with Crippen LogP contribution in [0.4, 0.5) is 8.78 Å². The molecule has 0 amide bonds. The number of hydrogen-bond acceptors (Lipinski definition) is 3. The van der Waals surface area contributed by atoms with E-state index in [9.17, 15) is 8.78 Å². The summed E-state index contributed by atoms with van der Waals surface area (Å²) in [5, 5.41) is 4.63. The van der Waals surface area contributed by atoms with Crippen LogP contribution >= 0.6 is 31.9 Å². The molecular weight excluding hydrogens is 510 g/mol. The number of aromatic nitrogens is 2. The van der Waals surface area contributed by atoms with E-state index in [1.165, 1.54) is 6.07 Å². The quantitative estimate of drug-likeness (QED) is 0.335. The zero-order chi connectivity index (χ0) is 20.4. The summed E-state index contributed by atoms with van der Waals surface area (Å²) in [6.45, 7) is -1.88. The Bertz CT molecular complexity index is 986. The van der Waals surface area contributed by atoms with Crippen LogP contribution < -0.4 is 9.47 Å². The molecule has 8 heteroatoms. The lowest BCUT2D eigenvalue weighted by Gasteiger charge is -2.13. The molecule has 0 bridgehead atoms. The molecule has 0 atom stereocenters. The minimum atomic E-state index is -2.89. The highest BCUT2D eigenvalue weighted by Gasteiger charge is 2.23. The molecule has 29 heavy (non-hydrogen) atoms. The van der Waals surface area contributed by atoms with Crippen LogP contribution in [0, 0.1) is 5.92 Å². The average molecular weight is 528 g/mol. The predicted octanol–water partition coefficient (Wildman–Crippen LogP) is 6.51. The van der Waals surface area contributed by atoms with Crippen LogP contribution in [0.15, 0.2) is 57.6 Å². The van der Waals surface area contributed by atoms with Crippen molar-refractivity contribution in [2.45, 2.75) is 26.0 Å². The molecule has 0 spiro atoms. The van der Waals surface area contributed by atoms with Gasteiger partial charge in [-0.15, -0.1) is 0 Å². The van der Waals surface area contributed by atoms with E-state index in [2.05, 4.69) is 41.7 Å². The summed E-state index contributed by atoms with van der Waals surface area (Å²) in [5.41, 5.74) is 2.72.